The van der Waals surface area contributed by atoms with Gasteiger partial charge in [0.15, 0.2) is 0 Å². The Hall–Kier alpha value is -1.07. The maximum atomic E-state index is 12.1. The molecule has 1 unspecified atom stereocenters. The summed E-state index contributed by atoms with van der Waals surface area (Å²) in [5, 5.41) is 0. The predicted octanol–water partition coefficient (Wildman–Crippen LogP) is 0.145. The number of likely N-dealkylation sites (N-methyl/N-ethyl adjacent to an activating group) is 1. The predicted molar refractivity (Wildman–Crippen MR) is 76.3 cm³/mol. The Morgan fingerprint density at radius 1 is 1.37 bits per heavy atom. The number of hydrogen-bond acceptors (Lipinski definition) is 2. The highest BCUT2D eigenvalue weighted by atomic mass is 32.2. The van der Waals surface area contributed by atoms with Crippen LogP contribution in [0.5, 0.6) is 0 Å². The zero-order valence-corrected chi connectivity index (χ0v) is 12.5. The standard InChI is InChI=1S/C14H20N2O2S/c1-10-4-5-13-11(8-10)12-9-15(2)7-6-14(12)16(13)19(3,17)18/h4-5,8,12,14H,6-7,9H2,1-3H3/p+1/t12-,14-/m0/s1. The maximum Gasteiger partial charge on any atom is 0.232 e. The molecule has 19 heavy (non-hydrogen) atoms. The zero-order chi connectivity index (χ0) is 13.8. The molecule has 1 aromatic rings. The zero-order valence-electron chi connectivity index (χ0n) is 11.7. The molecule has 3 rings (SSSR count). The summed E-state index contributed by atoms with van der Waals surface area (Å²) in [5.74, 6) is 0.346. The van der Waals surface area contributed by atoms with Crippen LogP contribution in [0.4, 0.5) is 5.69 Å². The molecule has 2 aliphatic heterocycles. The topological polar surface area (TPSA) is 41.8 Å². The normalized spacial score (nSPS) is 30.1. The second kappa shape index (κ2) is 4.21. The van der Waals surface area contributed by atoms with Crippen molar-refractivity contribution in [3.8, 4) is 0 Å². The van der Waals surface area contributed by atoms with Gasteiger partial charge in [-0.05, 0) is 18.6 Å². The first-order chi connectivity index (χ1) is 8.88. The molecule has 0 spiro atoms. The number of nitrogens with zero attached hydrogens (tertiary/aromatic N) is 1. The van der Waals surface area contributed by atoms with Crippen LogP contribution >= 0.6 is 0 Å². The van der Waals surface area contributed by atoms with E-state index < -0.39 is 10.0 Å². The summed E-state index contributed by atoms with van der Waals surface area (Å²) in [7, 11) is -1.00. The Morgan fingerprint density at radius 2 is 2.11 bits per heavy atom. The monoisotopic (exact) mass is 281 g/mol. The van der Waals surface area contributed by atoms with Crippen molar-refractivity contribution in [1.82, 2.24) is 0 Å². The number of hydrogen-bond donors (Lipinski definition) is 1. The van der Waals surface area contributed by atoms with Crippen LogP contribution in [-0.2, 0) is 10.0 Å². The molecule has 0 aliphatic carbocycles. The lowest BCUT2D eigenvalue weighted by atomic mass is 9.89. The van der Waals surface area contributed by atoms with E-state index in [2.05, 4.69) is 20.0 Å². The number of nitrogens with one attached hydrogen (secondary N) is 1. The van der Waals surface area contributed by atoms with E-state index in [0.29, 0.717) is 5.92 Å². The van der Waals surface area contributed by atoms with E-state index in [1.807, 2.05) is 12.1 Å². The van der Waals surface area contributed by atoms with Gasteiger partial charge in [0.25, 0.3) is 0 Å². The summed E-state index contributed by atoms with van der Waals surface area (Å²) in [6.07, 6.45) is 2.27. The molecule has 104 valence electrons. The molecule has 2 heterocycles. The Kier molecular flexibility index (Phi) is 2.87. The van der Waals surface area contributed by atoms with Gasteiger partial charge in [-0.25, -0.2) is 8.42 Å². The average Bonchev–Trinajstić information content (AvgIpc) is 2.62. The van der Waals surface area contributed by atoms with Crippen molar-refractivity contribution >= 4 is 15.7 Å². The fourth-order valence-corrected chi connectivity index (χ4v) is 4.85. The highest BCUT2D eigenvalue weighted by Crippen LogP contribution is 2.44. The number of aryl methyl sites for hydroxylation is 1. The molecule has 0 amide bonds. The summed E-state index contributed by atoms with van der Waals surface area (Å²) in [6, 6.07) is 6.26. The summed E-state index contributed by atoms with van der Waals surface area (Å²) >= 11 is 0. The molecule has 0 saturated carbocycles. The van der Waals surface area contributed by atoms with Crippen LogP contribution in [0.15, 0.2) is 18.2 Å². The van der Waals surface area contributed by atoms with E-state index in [4.69, 9.17) is 0 Å². The quantitative estimate of drug-likeness (QED) is 0.796. The van der Waals surface area contributed by atoms with Gasteiger partial charge in [0.05, 0.1) is 44.0 Å². The van der Waals surface area contributed by atoms with E-state index in [1.54, 1.807) is 4.31 Å². The minimum absolute atomic E-state index is 0.121. The Morgan fingerprint density at radius 3 is 2.79 bits per heavy atom. The third kappa shape index (κ3) is 2.05. The van der Waals surface area contributed by atoms with Crippen LogP contribution in [0.1, 0.15) is 23.5 Å². The molecule has 4 nitrogen and oxygen atoms in total. The van der Waals surface area contributed by atoms with E-state index in [-0.39, 0.29) is 6.04 Å². The van der Waals surface area contributed by atoms with E-state index in [0.717, 1.165) is 25.2 Å². The third-order valence-electron chi connectivity index (χ3n) is 4.38. The first kappa shape index (κ1) is 12.9. The fourth-order valence-electron chi connectivity index (χ4n) is 3.58. The molecule has 1 N–H and O–H groups in total. The number of rotatable bonds is 1. The number of quaternary nitrogens is 1. The number of anilines is 1. The summed E-state index contributed by atoms with van der Waals surface area (Å²) < 4.78 is 25.9. The van der Waals surface area contributed by atoms with Gasteiger partial charge in [-0.2, -0.15) is 0 Å². The van der Waals surface area contributed by atoms with Crippen LogP contribution in [0.25, 0.3) is 0 Å². The Labute approximate surface area is 115 Å². The van der Waals surface area contributed by atoms with E-state index >= 15 is 0 Å². The van der Waals surface area contributed by atoms with Crippen LogP contribution in [0.2, 0.25) is 0 Å². The van der Waals surface area contributed by atoms with Crippen LogP contribution < -0.4 is 9.21 Å². The fraction of sp³-hybridized carbons (Fsp3) is 0.571. The van der Waals surface area contributed by atoms with Crippen LogP contribution in [0, 0.1) is 6.92 Å². The van der Waals surface area contributed by atoms with E-state index in [1.165, 1.54) is 22.3 Å². The highest BCUT2D eigenvalue weighted by molar-refractivity contribution is 7.92. The van der Waals surface area contributed by atoms with Crippen LogP contribution in [-0.4, -0.2) is 40.9 Å². The molecule has 1 aromatic carbocycles. The lowest BCUT2D eigenvalue weighted by Gasteiger charge is -2.34. The second-order valence-electron chi connectivity index (χ2n) is 5.99. The molecule has 5 heteroatoms. The van der Waals surface area contributed by atoms with Gasteiger partial charge < -0.3 is 4.90 Å². The van der Waals surface area contributed by atoms with Crippen molar-refractivity contribution < 1.29 is 13.3 Å². The lowest BCUT2D eigenvalue weighted by Crippen LogP contribution is -3.11. The van der Waals surface area contributed by atoms with Gasteiger partial charge in [-0.15, -0.1) is 0 Å². The molecular formula is C14H21N2O2S+. The molecule has 1 fully saturated rings. The minimum atomic E-state index is -3.19. The van der Waals surface area contributed by atoms with Gasteiger partial charge in [0.1, 0.15) is 0 Å². The number of sulfonamides is 1. The van der Waals surface area contributed by atoms with Crippen molar-refractivity contribution in [2.75, 3.05) is 30.7 Å². The molecule has 3 atom stereocenters. The molecule has 0 bridgehead atoms. The average molecular weight is 281 g/mol. The molecule has 1 saturated heterocycles. The Balaban J connectivity index is 2.15. The maximum absolute atomic E-state index is 12.1. The molecular weight excluding hydrogens is 260 g/mol. The first-order valence-corrected chi connectivity index (χ1v) is 8.64. The Bertz CT molecular complexity index is 612. The van der Waals surface area contributed by atoms with Gasteiger partial charge in [-0.1, -0.05) is 17.7 Å². The van der Waals surface area contributed by atoms with E-state index in [9.17, 15) is 8.42 Å². The largest absolute Gasteiger partial charge is 0.337 e. The van der Waals surface area contributed by atoms with Crippen molar-refractivity contribution in [2.24, 2.45) is 0 Å². The highest BCUT2D eigenvalue weighted by Gasteiger charge is 2.46. The number of benzene rings is 1. The smallest absolute Gasteiger partial charge is 0.232 e. The van der Waals surface area contributed by atoms with Crippen LogP contribution in [0.3, 0.4) is 0 Å². The summed E-state index contributed by atoms with van der Waals surface area (Å²) in [4.78, 5) is 1.49. The van der Waals surface area contributed by atoms with Crippen molar-refractivity contribution in [3.63, 3.8) is 0 Å². The van der Waals surface area contributed by atoms with Gasteiger partial charge in [0.2, 0.25) is 10.0 Å². The lowest BCUT2D eigenvalue weighted by molar-refractivity contribution is -0.886. The number of fused-ring (bicyclic) bond motifs is 3. The second-order valence-corrected chi connectivity index (χ2v) is 7.85. The van der Waals surface area contributed by atoms with Crippen molar-refractivity contribution in [1.29, 1.82) is 0 Å². The summed E-state index contributed by atoms with van der Waals surface area (Å²) in [6.45, 7) is 4.13. The third-order valence-corrected chi connectivity index (χ3v) is 5.56. The van der Waals surface area contributed by atoms with Crippen molar-refractivity contribution in [2.45, 2.75) is 25.3 Å². The molecule has 0 aromatic heterocycles. The molecule has 2 aliphatic rings. The van der Waals surface area contributed by atoms with Gasteiger partial charge in [-0.3, -0.25) is 4.31 Å². The van der Waals surface area contributed by atoms with Gasteiger partial charge >= 0.3 is 0 Å². The van der Waals surface area contributed by atoms with Gasteiger partial charge in [0, 0.05) is 6.42 Å². The minimum Gasteiger partial charge on any atom is -0.337 e. The SMILES string of the molecule is Cc1ccc2c(c1)[C@@H]1C[NH+](C)CC[C@@H]1N2S(C)(=O)=O. The first-order valence-electron chi connectivity index (χ1n) is 6.79. The number of likely N-dealkylation sites (tertiary alicyclic amines) is 1. The van der Waals surface area contributed by atoms with Crippen molar-refractivity contribution in [3.05, 3.63) is 29.3 Å². The number of piperidine rings is 1. The summed E-state index contributed by atoms with van der Waals surface area (Å²) in [5.41, 5.74) is 3.32. The molecule has 0 radical (unpaired) electrons.